The van der Waals surface area contributed by atoms with Crippen LogP contribution in [0.2, 0.25) is 0 Å². The van der Waals surface area contributed by atoms with Gasteiger partial charge in [-0.2, -0.15) is 13.2 Å². The van der Waals surface area contributed by atoms with E-state index in [4.69, 9.17) is 0 Å². The second-order valence-electron chi connectivity index (χ2n) is 9.24. The number of nitrogens with one attached hydrogen (secondary N) is 1. The molecule has 3 aliphatic rings. The number of piperidine rings is 1. The third-order valence-corrected chi connectivity index (χ3v) is 7.15. The zero-order chi connectivity index (χ0) is 21.2. The second-order valence-corrected chi connectivity index (χ2v) is 9.24. The fraction of sp³-hybridized carbons (Fsp3) is 0.625. The van der Waals surface area contributed by atoms with Crippen molar-refractivity contribution >= 4 is 5.91 Å². The molecule has 1 heterocycles. The standard InChI is InChI=1S/C24H31F3N2O/c25-24(26,27)20-8-4-7-19(15-20)17-29-13-10-23(11-14-29)16-21(23)22(30)28-12-9-18-5-2-1-3-6-18/h4-5,7-8,15,21H,1-3,6,9-14,16-17H2,(H,28,30). The first-order valence-electron chi connectivity index (χ1n) is 11.2. The lowest BCUT2D eigenvalue weighted by molar-refractivity contribution is -0.137. The van der Waals surface area contributed by atoms with Gasteiger partial charge in [-0.1, -0.05) is 29.8 Å². The van der Waals surface area contributed by atoms with Gasteiger partial charge in [-0.15, -0.1) is 0 Å². The molecule has 1 atom stereocenters. The van der Waals surface area contributed by atoms with E-state index in [1.807, 2.05) is 0 Å². The van der Waals surface area contributed by atoms with Crippen molar-refractivity contribution in [2.24, 2.45) is 11.3 Å². The highest BCUT2D eigenvalue weighted by Gasteiger charge is 2.58. The van der Waals surface area contributed by atoms with Crippen LogP contribution in [-0.2, 0) is 17.5 Å². The van der Waals surface area contributed by atoms with Crippen LogP contribution < -0.4 is 5.32 Å². The van der Waals surface area contributed by atoms with Crippen LogP contribution in [0, 0.1) is 11.3 Å². The summed E-state index contributed by atoms with van der Waals surface area (Å²) < 4.78 is 38.7. The Kier molecular flexibility index (Phi) is 6.24. The number of amides is 1. The van der Waals surface area contributed by atoms with Crippen molar-refractivity contribution in [3.63, 3.8) is 0 Å². The maximum atomic E-state index is 12.9. The lowest BCUT2D eigenvalue weighted by Gasteiger charge is -2.33. The Labute approximate surface area is 176 Å². The van der Waals surface area contributed by atoms with Crippen LogP contribution in [0.15, 0.2) is 35.9 Å². The molecule has 1 aliphatic heterocycles. The zero-order valence-electron chi connectivity index (χ0n) is 17.4. The molecule has 0 aromatic heterocycles. The van der Waals surface area contributed by atoms with Gasteiger partial charge in [0.2, 0.25) is 5.91 Å². The second kappa shape index (κ2) is 8.74. The van der Waals surface area contributed by atoms with Gasteiger partial charge in [0, 0.05) is 19.0 Å². The fourth-order valence-electron chi connectivity index (χ4n) is 5.13. The Balaban J connectivity index is 1.21. The number of hydrogen-bond acceptors (Lipinski definition) is 2. The minimum Gasteiger partial charge on any atom is -0.356 e. The molecule has 164 valence electrons. The molecule has 1 amide bonds. The summed E-state index contributed by atoms with van der Waals surface area (Å²) in [5.41, 5.74) is 1.72. The quantitative estimate of drug-likeness (QED) is 0.632. The van der Waals surface area contributed by atoms with Crippen LogP contribution in [0.5, 0.6) is 0 Å². The van der Waals surface area contributed by atoms with E-state index in [9.17, 15) is 18.0 Å². The molecule has 1 aromatic rings. The van der Waals surface area contributed by atoms with Gasteiger partial charge in [0.25, 0.3) is 0 Å². The molecule has 2 fully saturated rings. The largest absolute Gasteiger partial charge is 0.416 e. The van der Waals surface area contributed by atoms with E-state index in [0.717, 1.165) is 51.4 Å². The molecule has 2 aliphatic carbocycles. The first kappa shape index (κ1) is 21.4. The highest BCUT2D eigenvalue weighted by Crippen LogP contribution is 2.59. The molecule has 30 heavy (non-hydrogen) atoms. The lowest BCUT2D eigenvalue weighted by Crippen LogP contribution is -2.37. The monoisotopic (exact) mass is 420 g/mol. The predicted octanol–water partition coefficient (Wildman–Crippen LogP) is 5.31. The highest BCUT2D eigenvalue weighted by molar-refractivity contribution is 5.82. The first-order valence-corrected chi connectivity index (χ1v) is 11.2. The Hall–Kier alpha value is -1.82. The molecule has 1 saturated carbocycles. The molecule has 1 spiro atoms. The van der Waals surface area contributed by atoms with Crippen molar-refractivity contribution in [1.29, 1.82) is 0 Å². The number of likely N-dealkylation sites (tertiary alicyclic amines) is 1. The van der Waals surface area contributed by atoms with Crippen LogP contribution in [-0.4, -0.2) is 30.4 Å². The average molecular weight is 421 g/mol. The molecule has 1 saturated heterocycles. The Bertz CT molecular complexity index is 794. The van der Waals surface area contributed by atoms with Crippen LogP contribution >= 0.6 is 0 Å². The maximum Gasteiger partial charge on any atom is 0.416 e. The Morgan fingerprint density at radius 2 is 2.00 bits per heavy atom. The Morgan fingerprint density at radius 1 is 1.20 bits per heavy atom. The number of allylic oxidation sites excluding steroid dienone is 1. The van der Waals surface area contributed by atoms with Crippen molar-refractivity contribution in [2.75, 3.05) is 19.6 Å². The van der Waals surface area contributed by atoms with Gasteiger partial charge in [0.1, 0.15) is 0 Å². The van der Waals surface area contributed by atoms with E-state index >= 15 is 0 Å². The van der Waals surface area contributed by atoms with Gasteiger partial charge in [-0.25, -0.2) is 0 Å². The normalized spacial score (nSPS) is 23.8. The molecule has 6 heteroatoms. The third-order valence-electron chi connectivity index (χ3n) is 7.15. The molecule has 0 radical (unpaired) electrons. The van der Waals surface area contributed by atoms with E-state index in [1.54, 1.807) is 6.07 Å². The van der Waals surface area contributed by atoms with Gasteiger partial charge >= 0.3 is 6.18 Å². The van der Waals surface area contributed by atoms with Crippen LogP contribution in [0.4, 0.5) is 13.2 Å². The molecule has 1 unspecified atom stereocenters. The number of alkyl halides is 3. The number of benzene rings is 1. The van der Waals surface area contributed by atoms with Crippen molar-refractivity contribution in [3.8, 4) is 0 Å². The predicted molar refractivity (Wildman–Crippen MR) is 111 cm³/mol. The van der Waals surface area contributed by atoms with Crippen LogP contribution in [0.3, 0.4) is 0 Å². The highest BCUT2D eigenvalue weighted by atomic mass is 19.4. The first-order chi connectivity index (χ1) is 14.4. The van der Waals surface area contributed by atoms with E-state index in [1.165, 1.54) is 43.4 Å². The van der Waals surface area contributed by atoms with Crippen molar-refractivity contribution < 1.29 is 18.0 Å². The molecular weight excluding hydrogens is 389 g/mol. The molecular formula is C24H31F3N2O. The number of nitrogens with zero attached hydrogens (tertiary/aromatic N) is 1. The summed E-state index contributed by atoms with van der Waals surface area (Å²) in [6.45, 7) is 2.95. The van der Waals surface area contributed by atoms with Gasteiger partial charge in [0.15, 0.2) is 0 Å². The zero-order valence-corrected chi connectivity index (χ0v) is 17.4. The summed E-state index contributed by atoms with van der Waals surface area (Å²) in [7, 11) is 0. The summed E-state index contributed by atoms with van der Waals surface area (Å²) >= 11 is 0. The van der Waals surface area contributed by atoms with Gasteiger partial charge < -0.3 is 5.32 Å². The molecule has 4 rings (SSSR count). The van der Waals surface area contributed by atoms with Gasteiger partial charge in [0.05, 0.1) is 5.56 Å². The van der Waals surface area contributed by atoms with Crippen LogP contribution in [0.1, 0.15) is 62.5 Å². The number of hydrogen-bond donors (Lipinski definition) is 1. The summed E-state index contributed by atoms with van der Waals surface area (Å²) in [5.74, 6) is 0.311. The molecule has 0 bridgehead atoms. The van der Waals surface area contributed by atoms with Crippen molar-refractivity contribution in [3.05, 3.63) is 47.0 Å². The van der Waals surface area contributed by atoms with Crippen LogP contribution in [0.25, 0.3) is 0 Å². The SMILES string of the molecule is O=C(NCCC1=CCCCC1)C1CC12CCN(Cc1cccc(C(F)(F)F)c1)CC2. The minimum absolute atomic E-state index is 0.119. The number of carbonyl (C=O) groups is 1. The minimum atomic E-state index is -4.30. The van der Waals surface area contributed by atoms with Crippen molar-refractivity contribution in [1.82, 2.24) is 10.2 Å². The smallest absolute Gasteiger partial charge is 0.356 e. The summed E-state index contributed by atoms with van der Waals surface area (Å²) in [6, 6.07) is 5.61. The van der Waals surface area contributed by atoms with E-state index in [2.05, 4.69) is 16.3 Å². The van der Waals surface area contributed by atoms with E-state index in [0.29, 0.717) is 12.1 Å². The number of carbonyl (C=O) groups excluding carboxylic acids is 1. The molecule has 1 N–H and O–H groups in total. The third kappa shape index (κ3) is 5.08. The van der Waals surface area contributed by atoms with Crippen molar-refractivity contribution in [2.45, 2.75) is 64.1 Å². The number of halogens is 3. The topological polar surface area (TPSA) is 32.3 Å². The van der Waals surface area contributed by atoms with Gasteiger partial charge in [-0.05, 0) is 81.5 Å². The maximum absolute atomic E-state index is 12.9. The molecule has 1 aromatic carbocycles. The fourth-order valence-corrected chi connectivity index (χ4v) is 5.13. The van der Waals surface area contributed by atoms with Gasteiger partial charge in [-0.3, -0.25) is 9.69 Å². The average Bonchev–Trinajstić information content (AvgIpc) is 3.44. The van der Waals surface area contributed by atoms with E-state index < -0.39 is 11.7 Å². The Morgan fingerprint density at radius 3 is 2.70 bits per heavy atom. The summed E-state index contributed by atoms with van der Waals surface area (Å²) in [4.78, 5) is 14.8. The number of rotatable bonds is 6. The van der Waals surface area contributed by atoms with E-state index in [-0.39, 0.29) is 17.2 Å². The lowest BCUT2D eigenvalue weighted by atomic mass is 9.90. The molecule has 3 nitrogen and oxygen atoms in total. The summed E-state index contributed by atoms with van der Waals surface area (Å²) in [6.07, 6.45) is 6.75. The summed E-state index contributed by atoms with van der Waals surface area (Å²) in [5, 5.41) is 3.13.